The highest BCUT2D eigenvalue weighted by molar-refractivity contribution is 5.46. The Morgan fingerprint density at radius 2 is 1.80 bits per heavy atom. The summed E-state index contributed by atoms with van der Waals surface area (Å²) < 4.78 is 33.2. The van der Waals surface area contributed by atoms with E-state index >= 15 is 0 Å². The first-order valence-electron chi connectivity index (χ1n) is 7.54. The van der Waals surface area contributed by atoms with Crippen LogP contribution in [0.2, 0.25) is 0 Å². The van der Waals surface area contributed by atoms with Gasteiger partial charge in [-0.15, -0.1) is 0 Å². The number of halogens is 2. The molecule has 1 N–H and O–H groups in total. The molecule has 1 heterocycles. The molecule has 110 valence electrons. The Morgan fingerprint density at radius 3 is 2.50 bits per heavy atom. The molecule has 1 spiro atoms. The molecule has 1 unspecified atom stereocenters. The number of rotatable bonds is 3. The lowest BCUT2D eigenvalue weighted by atomic mass is 9.83. The van der Waals surface area contributed by atoms with Gasteiger partial charge in [0.15, 0.2) is 0 Å². The van der Waals surface area contributed by atoms with Crippen LogP contribution in [0.15, 0.2) is 18.2 Å². The first kappa shape index (κ1) is 13.8. The van der Waals surface area contributed by atoms with E-state index in [-0.39, 0.29) is 17.4 Å². The summed E-state index contributed by atoms with van der Waals surface area (Å²) >= 11 is 0. The van der Waals surface area contributed by atoms with Gasteiger partial charge in [0, 0.05) is 6.54 Å². The quantitative estimate of drug-likeness (QED) is 0.894. The van der Waals surface area contributed by atoms with Crippen molar-refractivity contribution < 1.29 is 13.5 Å². The SMILES string of the molecule is Fc1cccc(F)c1NCC1CCC2(CCCCC2)O1. The third kappa shape index (κ3) is 2.80. The van der Waals surface area contributed by atoms with Gasteiger partial charge in [-0.3, -0.25) is 0 Å². The maximum atomic E-state index is 13.5. The van der Waals surface area contributed by atoms with Gasteiger partial charge in [-0.1, -0.05) is 25.3 Å². The van der Waals surface area contributed by atoms with Gasteiger partial charge in [-0.25, -0.2) is 8.78 Å². The van der Waals surface area contributed by atoms with Gasteiger partial charge >= 0.3 is 0 Å². The molecule has 1 saturated heterocycles. The monoisotopic (exact) mass is 281 g/mol. The molecular formula is C16H21F2NO. The van der Waals surface area contributed by atoms with Gasteiger partial charge in [0.1, 0.15) is 17.3 Å². The number of hydrogen-bond acceptors (Lipinski definition) is 2. The smallest absolute Gasteiger partial charge is 0.149 e. The Hall–Kier alpha value is -1.16. The van der Waals surface area contributed by atoms with Crippen LogP contribution < -0.4 is 5.32 Å². The first-order chi connectivity index (χ1) is 9.69. The van der Waals surface area contributed by atoms with Gasteiger partial charge in [-0.05, 0) is 37.8 Å². The van der Waals surface area contributed by atoms with E-state index in [9.17, 15) is 8.78 Å². The Balaban J connectivity index is 1.57. The van der Waals surface area contributed by atoms with Crippen molar-refractivity contribution in [3.8, 4) is 0 Å². The third-order valence-electron chi connectivity index (χ3n) is 4.57. The summed E-state index contributed by atoms with van der Waals surface area (Å²) in [5.74, 6) is -1.09. The highest BCUT2D eigenvalue weighted by atomic mass is 19.1. The second-order valence-electron chi connectivity index (χ2n) is 6.00. The molecule has 2 fully saturated rings. The molecular weight excluding hydrogens is 260 g/mol. The highest BCUT2D eigenvalue weighted by Gasteiger charge is 2.40. The van der Waals surface area contributed by atoms with Crippen molar-refractivity contribution >= 4 is 5.69 Å². The molecule has 1 atom stereocenters. The number of benzene rings is 1. The minimum Gasteiger partial charge on any atom is -0.378 e. The van der Waals surface area contributed by atoms with Gasteiger partial charge < -0.3 is 10.1 Å². The van der Waals surface area contributed by atoms with Crippen LogP contribution in [0, 0.1) is 11.6 Å². The number of hydrogen-bond donors (Lipinski definition) is 1. The van der Waals surface area contributed by atoms with Gasteiger partial charge in [0.2, 0.25) is 0 Å². The van der Waals surface area contributed by atoms with Crippen LogP contribution in [0.1, 0.15) is 44.9 Å². The number of ether oxygens (including phenoxy) is 1. The molecule has 1 aromatic rings. The molecule has 0 amide bonds. The van der Waals surface area contributed by atoms with Crippen LogP contribution >= 0.6 is 0 Å². The Bertz CT molecular complexity index is 451. The second kappa shape index (κ2) is 5.68. The van der Waals surface area contributed by atoms with Crippen molar-refractivity contribution in [3.63, 3.8) is 0 Å². The average Bonchev–Trinajstić information content (AvgIpc) is 2.82. The zero-order chi connectivity index (χ0) is 14.0. The van der Waals surface area contributed by atoms with Crippen molar-refractivity contribution in [1.29, 1.82) is 0 Å². The maximum absolute atomic E-state index is 13.5. The largest absolute Gasteiger partial charge is 0.378 e. The molecule has 4 heteroatoms. The van der Waals surface area contributed by atoms with Crippen molar-refractivity contribution in [3.05, 3.63) is 29.8 Å². The van der Waals surface area contributed by atoms with Crippen molar-refractivity contribution in [1.82, 2.24) is 0 Å². The lowest BCUT2D eigenvalue weighted by Crippen LogP contribution is -2.33. The minimum atomic E-state index is -0.546. The Kier molecular flexibility index (Phi) is 3.92. The van der Waals surface area contributed by atoms with E-state index in [1.54, 1.807) is 0 Å². The maximum Gasteiger partial charge on any atom is 0.149 e. The van der Waals surface area contributed by atoms with E-state index in [2.05, 4.69) is 5.32 Å². The van der Waals surface area contributed by atoms with Crippen LogP contribution in [0.25, 0.3) is 0 Å². The van der Waals surface area contributed by atoms with Crippen LogP contribution in [0.5, 0.6) is 0 Å². The lowest BCUT2D eigenvalue weighted by molar-refractivity contribution is -0.0588. The number of anilines is 1. The lowest BCUT2D eigenvalue weighted by Gasteiger charge is -2.33. The minimum absolute atomic E-state index is 0.0410. The van der Waals surface area contributed by atoms with E-state index in [1.807, 2.05) is 0 Å². The standard InChI is InChI=1S/C16H21F2NO/c17-13-5-4-6-14(18)15(13)19-11-12-7-10-16(20-12)8-2-1-3-9-16/h4-6,12,19H,1-3,7-11H2. The van der Waals surface area contributed by atoms with Crippen LogP contribution in [-0.4, -0.2) is 18.2 Å². The summed E-state index contributed by atoms with van der Waals surface area (Å²) in [5.41, 5.74) is 0.0129. The summed E-state index contributed by atoms with van der Waals surface area (Å²) in [6.07, 6.45) is 8.17. The fraction of sp³-hybridized carbons (Fsp3) is 0.625. The summed E-state index contributed by atoms with van der Waals surface area (Å²) in [4.78, 5) is 0. The van der Waals surface area contributed by atoms with E-state index in [1.165, 1.54) is 37.5 Å². The topological polar surface area (TPSA) is 21.3 Å². The number of para-hydroxylation sites is 1. The van der Waals surface area contributed by atoms with Crippen LogP contribution in [0.4, 0.5) is 14.5 Å². The van der Waals surface area contributed by atoms with Crippen molar-refractivity contribution in [2.24, 2.45) is 0 Å². The van der Waals surface area contributed by atoms with E-state index < -0.39 is 11.6 Å². The fourth-order valence-corrected chi connectivity index (χ4v) is 3.49. The molecule has 3 rings (SSSR count). The van der Waals surface area contributed by atoms with E-state index in [4.69, 9.17) is 4.74 Å². The summed E-state index contributed by atoms with van der Waals surface area (Å²) in [5, 5.41) is 2.87. The summed E-state index contributed by atoms with van der Waals surface area (Å²) in [6, 6.07) is 3.91. The molecule has 0 radical (unpaired) electrons. The molecule has 1 aliphatic heterocycles. The van der Waals surface area contributed by atoms with Gasteiger partial charge in [-0.2, -0.15) is 0 Å². The van der Waals surface area contributed by atoms with E-state index in [0.717, 1.165) is 25.7 Å². The molecule has 1 saturated carbocycles. The molecule has 1 aromatic carbocycles. The van der Waals surface area contributed by atoms with E-state index in [0.29, 0.717) is 6.54 Å². The van der Waals surface area contributed by atoms with Crippen molar-refractivity contribution in [2.75, 3.05) is 11.9 Å². The molecule has 20 heavy (non-hydrogen) atoms. The summed E-state index contributed by atoms with van der Waals surface area (Å²) in [6.45, 7) is 0.472. The predicted octanol–water partition coefficient (Wildman–Crippen LogP) is 4.26. The average molecular weight is 281 g/mol. The molecule has 0 bridgehead atoms. The van der Waals surface area contributed by atoms with Gasteiger partial charge in [0.25, 0.3) is 0 Å². The number of nitrogens with one attached hydrogen (secondary N) is 1. The van der Waals surface area contributed by atoms with Crippen molar-refractivity contribution in [2.45, 2.75) is 56.7 Å². The zero-order valence-electron chi connectivity index (χ0n) is 11.6. The first-order valence-corrected chi connectivity index (χ1v) is 7.54. The molecule has 2 nitrogen and oxygen atoms in total. The molecule has 1 aliphatic carbocycles. The zero-order valence-corrected chi connectivity index (χ0v) is 11.6. The summed E-state index contributed by atoms with van der Waals surface area (Å²) in [7, 11) is 0. The Labute approximate surface area is 118 Å². The molecule has 2 aliphatic rings. The normalized spacial score (nSPS) is 25.0. The van der Waals surface area contributed by atoms with Crippen LogP contribution in [0.3, 0.4) is 0 Å². The van der Waals surface area contributed by atoms with Crippen LogP contribution in [-0.2, 0) is 4.74 Å². The second-order valence-corrected chi connectivity index (χ2v) is 6.00. The molecule has 0 aromatic heterocycles. The third-order valence-corrected chi connectivity index (χ3v) is 4.57. The highest BCUT2D eigenvalue weighted by Crippen LogP contribution is 2.41. The van der Waals surface area contributed by atoms with Gasteiger partial charge in [0.05, 0.1) is 11.7 Å². The predicted molar refractivity (Wildman–Crippen MR) is 74.8 cm³/mol. The Morgan fingerprint density at radius 1 is 1.10 bits per heavy atom. The fourth-order valence-electron chi connectivity index (χ4n) is 3.49.